The third-order valence-electron chi connectivity index (χ3n) is 2.39. The molecule has 7 heteroatoms. The van der Waals surface area contributed by atoms with Crippen molar-refractivity contribution < 1.29 is 23.1 Å². The quantitative estimate of drug-likeness (QED) is 0.782. The smallest absolute Gasteiger partial charge is 0.475 e. The van der Waals surface area contributed by atoms with E-state index in [4.69, 9.17) is 9.90 Å². The fourth-order valence-electron chi connectivity index (χ4n) is 1.50. The summed E-state index contributed by atoms with van der Waals surface area (Å²) in [6, 6.07) is 0.744. The Bertz CT molecular complexity index is 232. The van der Waals surface area contributed by atoms with E-state index < -0.39 is 12.1 Å². The molecular formula is C10H19F3N2O2. The van der Waals surface area contributed by atoms with E-state index in [1.165, 1.54) is 32.6 Å². The van der Waals surface area contributed by atoms with Gasteiger partial charge in [-0.25, -0.2) is 4.79 Å². The summed E-state index contributed by atoms with van der Waals surface area (Å²) in [6.45, 7) is 9.37. The SMILES string of the molecule is CCCN1CCNC[C@H]1C.O=C(O)C(F)(F)F. The van der Waals surface area contributed by atoms with Gasteiger partial charge in [0.25, 0.3) is 0 Å². The van der Waals surface area contributed by atoms with Crippen LogP contribution in [0, 0.1) is 0 Å². The summed E-state index contributed by atoms with van der Waals surface area (Å²) in [4.78, 5) is 11.4. The highest BCUT2D eigenvalue weighted by Crippen LogP contribution is 2.13. The van der Waals surface area contributed by atoms with Crippen LogP contribution >= 0.6 is 0 Å². The minimum Gasteiger partial charge on any atom is -0.475 e. The summed E-state index contributed by atoms with van der Waals surface area (Å²) < 4.78 is 31.7. The fraction of sp³-hybridized carbons (Fsp3) is 0.900. The standard InChI is InChI=1S/C8H18N2.C2HF3O2/c1-3-5-10-6-4-9-7-8(10)2;3-2(4,5)1(6)7/h8-9H,3-7H2,1-2H3;(H,6,7)/t8-;/m1./s1. The molecule has 1 heterocycles. The van der Waals surface area contributed by atoms with E-state index in [-0.39, 0.29) is 0 Å². The van der Waals surface area contributed by atoms with Crippen LogP contribution in [-0.2, 0) is 4.79 Å². The molecule has 1 atom stereocenters. The molecule has 0 aliphatic carbocycles. The van der Waals surface area contributed by atoms with Gasteiger partial charge >= 0.3 is 12.1 Å². The van der Waals surface area contributed by atoms with Crippen LogP contribution in [0.1, 0.15) is 20.3 Å². The molecule has 0 saturated carbocycles. The molecule has 0 aromatic carbocycles. The molecule has 17 heavy (non-hydrogen) atoms. The molecule has 1 aliphatic heterocycles. The minimum absolute atomic E-state index is 0.744. The van der Waals surface area contributed by atoms with Crippen molar-refractivity contribution in [2.24, 2.45) is 0 Å². The average Bonchev–Trinajstić information content (AvgIpc) is 2.21. The molecule has 1 aliphatic rings. The molecule has 0 spiro atoms. The van der Waals surface area contributed by atoms with E-state index in [2.05, 4.69) is 24.1 Å². The first-order chi connectivity index (χ1) is 7.79. The maximum atomic E-state index is 10.6. The molecule has 102 valence electrons. The zero-order chi connectivity index (χ0) is 13.5. The van der Waals surface area contributed by atoms with Gasteiger partial charge < -0.3 is 10.4 Å². The molecule has 0 unspecified atom stereocenters. The Morgan fingerprint density at radius 2 is 2.06 bits per heavy atom. The molecule has 0 aromatic heterocycles. The van der Waals surface area contributed by atoms with Gasteiger partial charge in [0.2, 0.25) is 0 Å². The van der Waals surface area contributed by atoms with Crippen molar-refractivity contribution in [1.82, 2.24) is 10.2 Å². The van der Waals surface area contributed by atoms with E-state index in [0.29, 0.717) is 0 Å². The zero-order valence-electron chi connectivity index (χ0n) is 10.0. The number of piperazine rings is 1. The summed E-state index contributed by atoms with van der Waals surface area (Å²) in [5.74, 6) is -2.76. The second-order valence-corrected chi connectivity index (χ2v) is 3.89. The van der Waals surface area contributed by atoms with Gasteiger partial charge in [-0.2, -0.15) is 13.2 Å². The van der Waals surface area contributed by atoms with E-state index in [9.17, 15) is 13.2 Å². The van der Waals surface area contributed by atoms with Gasteiger partial charge in [-0.15, -0.1) is 0 Å². The first-order valence-electron chi connectivity index (χ1n) is 5.54. The molecule has 1 fully saturated rings. The molecule has 2 N–H and O–H groups in total. The molecule has 0 bridgehead atoms. The van der Waals surface area contributed by atoms with Crippen LogP contribution in [0.5, 0.6) is 0 Å². The Kier molecular flexibility index (Phi) is 7.13. The first kappa shape index (κ1) is 16.2. The molecule has 0 aromatic rings. The summed E-state index contributed by atoms with van der Waals surface area (Å²) in [6.07, 6.45) is -3.80. The van der Waals surface area contributed by atoms with Crippen molar-refractivity contribution in [3.8, 4) is 0 Å². The fourth-order valence-corrected chi connectivity index (χ4v) is 1.50. The monoisotopic (exact) mass is 256 g/mol. The number of carboxylic acids is 1. The highest BCUT2D eigenvalue weighted by atomic mass is 19.4. The van der Waals surface area contributed by atoms with Crippen LogP contribution in [-0.4, -0.2) is 54.4 Å². The largest absolute Gasteiger partial charge is 0.490 e. The number of nitrogens with zero attached hydrogens (tertiary/aromatic N) is 1. The molecule has 1 rings (SSSR count). The number of halogens is 3. The lowest BCUT2D eigenvalue weighted by atomic mass is 10.2. The maximum Gasteiger partial charge on any atom is 0.490 e. The minimum atomic E-state index is -5.08. The van der Waals surface area contributed by atoms with Crippen molar-refractivity contribution in [2.75, 3.05) is 26.2 Å². The van der Waals surface area contributed by atoms with Gasteiger partial charge in [0, 0.05) is 25.7 Å². The predicted octanol–water partition coefficient (Wildman–Crippen LogP) is 1.32. The number of aliphatic carboxylic acids is 1. The van der Waals surface area contributed by atoms with Gasteiger partial charge in [-0.1, -0.05) is 6.92 Å². The summed E-state index contributed by atoms with van der Waals surface area (Å²) >= 11 is 0. The van der Waals surface area contributed by atoms with Crippen LogP contribution < -0.4 is 5.32 Å². The topological polar surface area (TPSA) is 52.6 Å². The number of rotatable bonds is 2. The Balaban J connectivity index is 0.000000325. The Hall–Kier alpha value is -0.820. The Morgan fingerprint density at radius 3 is 2.41 bits per heavy atom. The molecule has 1 saturated heterocycles. The van der Waals surface area contributed by atoms with Crippen LogP contribution in [0.25, 0.3) is 0 Å². The van der Waals surface area contributed by atoms with E-state index in [1.54, 1.807) is 0 Å². The van der Waals surface area contributed by atoms with Crippen molar-refractivity contribution in [3.63, 3.8) is 0 Å². The van der Waals surface area contributed by atoms with Crippen molar-refractivity contribution >= 4 is 5.97 Å². The van der Waals surface area contributed by atoms with Crippen LogP contribution in [0.4, 0.5) is 13.2 Å². The lowest BCUT2D eigenvalue weighted by molar-refractivity contribution is -0.192. The average molecular weight is 256 g/mol. The summed E-state index contributed by atoms with van der Waals surface area (Å²) in [5, 5.41) is 10.5. The van der Waals surface area contributed by atoms with Gasteiger partial charge in [0.15, 0.2) is 0 Å². The van der Waals surface area contributed by atoms with Crippen molar-refractivity contribution in [1.29, 1.82) is 0 Å². The van der Waals surface area contributed by atoms with E-state index in [0.717, 1.165) is 6.04 Å². The normalized spacial score (nSPS) is 21.6. The Morgan fingerprint density at radius 1 is 1.53 bits per heavy atom. The van der Waals surface area contributed by atoms with Crippen LogP contribution in [0.15, 0.2) is 0 Å². The lowest BCUT2D eigenvalue weighted by Gasteiger charge is -2.33. The summed E-state index contributed by atoms with van der Waals surface area (Å²) in [7, 11) is 0. The zero-order valence-corrected chi connectivity index (χ0v) is 10.0. The highest BCUT2D eigenvalue weighted by molar-refractivity contribution is 5.73. The van der Waals surface area contributed by atoms with E-state index in [1.807, 2.05) is 0 Å². The van der Waals surface area contributed by atoms with Crippen molar-refractivity contribution in [2.45, 2.75) is 32.5 Å². The van der Waals surface area contributed by atoms with Gasteiger partial charge in [0.1, 0.15) is 0 Å². The molecular weight excluding hydrogens is 237 g/mol. The number of carbonyl (C=O) groups is 1. The van der Waals surface area contributed by atoms with Crippen molar-refractivity contribution in [3.05, 3.63) is 0 Å². The second-order valence-electron chi connectivity index (χ2n) is 3.89. The third-order valence-corrected chi connectivity index (χ3v) is 2.39. The lowest BCUT2D eigenvalue weighted by Crippen LogP contribution is -2.49. The second kappa shape index (κ2) is 7.50. The van der Waals surface area contributed by atoms with Crippen LogP contribution in [0.3, 0.4) is 0 Å². The molecule has 0 amide bonds. The van der Waals surface area contributed by atoms with E-state index >= 15 is 0 Å². The highest BCUT2D eigenvalue weighted by Gasteiger charge is 2.38. The number of hydrogen-bond donors (Lipinski definition) is 2. The molecule has 0 radical (unpaired) electrons. The maximum absolute atomic E-state index is 10.6. The van der Waals surface area contributed by atoms with Gasteiger partial charge in [-0.3, -0.25) is 4.90 Å². The Labute approximate surface area is 98.8 Å². The number of nitrogens with one attached hydrogen (secondary N) is 1. The first-order valence-corrected chi connectivity index (χ1v) is 5.54. The molecule has 4 nitrogen and oxygen atoms in total. The number of carboxylic acid groups (broad SMARTS) is 1. The summed E-state index contributed by atoms with van der Waals surface area (Å²) in [5.41, 5.74) is 0. The van der Waals surface area contributed by atoms with Crippen LogP contribution in [0.2, 0.25) is 0 Å². The number of alkyl halides is 3. The predicted molar refractivity (Wildman–Crippen MR) is 57.9 cm³/mol. The number of hydrogen-bond acceptors (Lipinski definition) is 3. The van der Waals surface area contributed by atoms with Gasteiger partial charge in [0.05, 0.1) is 0 Å². The third kappa shape index (κ3) is 7.17. The van der Waals surface area contributed by atoms with Gasteiger partial charge in [-0.05, 0) is 19.9 Å².